The molecule has 0 unspecified atom stereocenters. The Labute approximate surface area is 167 Å². The number of ketones is 2. The summed E-state index contributed by atoms with van der Waals surface area (Å²) in [6, 6.07) is 9.37. The number of hydrogen-bond donors (Lipinski definition) is 2. The number of halogens is 2. The molecule has 0 heterocycles. The van der Waals surface area contributed by atoms with Gasteiger partial charge in [0.15, 0.2) is 11.6 Å². The second-order valence-corrected chi connectivity index (χ2v) is 6.51. The van der Waals surface area contributed by atoms with Crippen LogP contribution in [0.15, 0.2) is 36.4 Å². The lowest BCUT2D eigenvalue weighted by Crippen LogP contribution is -2.26. The Morgan fingerprint density at radius 1 is 0.846 bits per heavy atom. The maximum atomic E-state index is 13.1. The predicted molar refractivity (Wildman–Crippen MR) is 107 cm³/mol. The third kappa shape index (κ3) is 3.24. The summed E-state index contributed by atoms with van der Waals surface area (Å²) in [5.41, 5.74) is 1.12. The number of alkyl halides is 2. The minimum absolute atomic E-state index is 0.0969. The van der Waals surface area contributed by atoms with Crippen LogP contribution in [0, 0.1) is 0 Å². The van der Waals surface area contributed by atoms with Crippen LogP contribution in [0.4, 0.5) is 11.4 Å². The molecule has 0 saturated heterocycles. The van der Waals surface area contributed by atoms with E-state index in [9.17, 15) is 19.2 Å². The average molecular weight is 483 g/mol. The zero-order valence-corrected chi connectivity index (χ0v) is 16.2. The minimum Gasteiger partial charge on any atom is -0.325 e. The molecule has 2 N–H and O–H groups in total. The van der Waals surface area contributed by atoms with Crippen molar-refractivity contribution in [1.82, 2.24) is 0 Å². The smallest absolute Gasteiger partial charge is 0.239 e. The lowest BCUT2D eigenvalue weighted by molar-refractivity contribution is -0.114. The Kier molecular flexibility index (Phi) is 5.38. The van der Waals surface area contributed by atoms with Crippen LogP contribution in [0.1, 0.15) is 31.8 Å². The molecule has 2 aromatic carbocycles. The van der Waals surface area contributed by atoms with Crippen LogP contribution in [-0.2, 0) is 9.59 Å². The molecular formula is C18H12ClIN2O4. The van der Waals surface area contributed by atoms with Crippen LogP contribution >= 0.6 is 34.2 Å². The van der Waals surface area contributed by atoms with E-state index in [0.29, 0.717) is 0 Å². The Morgan fingerprint density at radius 3 is 1.81 bits per heavy atom. The summed E-state index contributed by atoms with van der Waals surface area (Å²) in [7, 11) is 0. The molecule has 26 heavy (non-hydrogen) atoms. The van der Waals surface area contributed by atoms with Gasteiger partial charge in [-0.05, 0) is 12.1 Å². The highest BCUT2D eigenvalue weighted by Crippen LogP contribution is 2.35. The first-order chi connectivity index (χ1) is 12.5. The zero-order chi connectivity index (χ0) is 18.8. The fourth-order valence-electron chi connectivity index (χ4n) is 2.82. The lowest BCUT2D eigenvalue weighted by Gasteiger charge is -2.22. The van der Waals surface area contributed by atoms with Gasteiger partial charge >= 0.3 is 0 Å². The predicted octanol–water partition coefficient (Wildman–Crippen LogP) is 3.01. The summed E-state index contributed by atoms with van der Waals surface area (Å²) in [5.74, 6) is -1.84. The summed E-state index contributed by atoms with van der Waals surface area (Å²) in [6.45, 7) is 0. The van der Waals surface area contributed by atoms with E-state index in [0.717, 1.165) is 0 Å². The molecule has 2 amide bonds. The first-order valence-electron chi connectivity index (χ1n) is 7.55. The molecule has 8 heteroatoms. The van der Waals surface area contributed by atoms with Gasteiger partial charge in [0.25, 0.3) is 0 Å². The summed E-state index contributed by atoms with van der Waals surface area (Å²) >= 11 is 7.42. The van der Waals surface area contributed by atoms with Crippen LogP contribution in [-0.4, -0.2) is 33.7 Å². The van der Waals surface area contributed by atoms with Gasteiger partial charge in [-0.2, -0.15) is 0 Å². The number of benzene rings is 2. The lowest BCUT2D eigenvalue weighted by atomic mass is 9.82. The van der Waals surface area contributed by atoms with E-state index in [1.807, 2.05) is 22.6 Å². The highest BCUT2D eigenvalue weighted by molar-refractivity contribution is 14.1. The number of rotatable bonds is 4. The molecule has 6 nitrogen and oxygen atoms in total. The van der Waals surface area contributed by atoms with Crippen molar-refractivity contribution < 1.29 is 19.2 Å². The van der Waals surface area contributed by atoms with E-state index in [2.05, 4.69) is 10.6 Å². The van der Waals surface area contributed by atoms with E-state index < -0.39 is 11.7 Å². The standard InChI is InChI=1S/C18H12ClIN2O4/c19-7-13(23)21-11-5-1-3-9-15(11)18(26)16-10(17(9)25)4-2-6-12(16)22-14(24)8-20/h1-6H,7-8H2,(H,21,23)(H,22,24). The topological polar surface area (TPSA) is 92.3 Å². The number of carbonyl (C=O) groups is 4. The highest BCUT2D eigenvalue weighted by Gasteiger charge is 2.34. The van der Waals surface area contributed by atoms with E-state index in [-0.39, 0.29) is 55.6 Å². The van der Waals surface area contributed by atoms with Gasteiger partial charge in [-0.1, -0.05) is 46.9 Å². The summed E-state index contributed by atoms with van der Waals surface area (Å²) < 4.78 is 0.206. The third-order valence-corrected chi connectivity index (χ3v) is 4.80. The third-order valence-electron chi connectivity index (χ3n) is 3.86. The number of nitrogens with one attached hydrogen (secondary N) is 2. The Hall–Kier alpha value is -2.26. The monoisotopic (exact) mass is 482 g/mol. The van der Waals surface area contributed by atoms with Crippen LogP contribution in [0.3, 0.4) is 0 Å². The van der Waals surface area contributed by atoms with Crippen molar-refractivity contribution in [1.29, 1.82) is 0 Å². The van der Waals surface area contributed by atoms with Crippen molar-refractivity contribution in [3.05, 3.63) is 58.7 Å². The van der Waals surface area contributed by atoms with Crippen molar-refractivity contribution in [2.24, 2.45) is 0 Å². The average Bonchev–Trinajstić information content (AvgIpc) is 2.65. The number of amides is 2. The maximum Gasteiger partial charge on any atom is 0.239 e. The van der Waals surface area contributed by atoms with Gasteiger partial charge in [-0.25, -0.2) is 0 Å². The largest absolute Gasteiger partial charge is 0.325 e. The number of hydrogen-bond acceptors (Lipinski definition) is 4. The maximum absolute atomic E-state index is 13.1. The van der Waals surface area contributed by atoms with Crippen molar-refractivity contribution in [2.75, 3.05) is 20.9 Å². The number of carbonyl (C=O) groups excluding carboxylic acids is 4. The second-order valence-electron chi connectivity index (χ2n) is 5.48. The van der Waals surface area contributed by atoms with Crippen molar-refractivity contribution in [2.45, 2.75) is 0 Å². The summed E-state index contributed by atoms with van der Waals surface area (Å²) in [4.78, 5) is 49.4. The molecule has 2 aromatic rings. The van der Waals surface area contributed by atoms with Gasteiger partial charge in [-0.3, -0.25) is 19.2 Å². The molecule has 0 aromatic heterocycles. The van der Waals surface area contributed by atoms with E-state index >= 15 is 0 Å². The number of anilines is 2. The van der Waals surface area contributed by atoms with E-state index in [1.165, 1.54) is 12.1 Å². The first kappa shape index (κ1) is 18.5. The minimum atomic E-state index is -0.488. The molecule has 132 valence electrons. The Balaban J connectivity index is 2.17. The zero-order valence-electron chi connectivity index (χ0n) is 13.3. The molecule has 0 saturated carbocycles. The van der Waals surface area contributed by atoms with Gasteiger partial charge < -0.3 is 10.6 Å². The molecule has 0 atom stereocenters. The molecule has 0 radical (unpaired) electrons. The molecule has 0 bridgehead atoms. The molecule has 0 spiro atoms. The molecular weight excluding hydrogens is 471 g/mol. The van der Waals surface area contributed by atoms with Crippen LogP contribution in [0.2, 0.25) is 0 Å². The fourth-order valence-corrected chi connectivity index (χ4v) is 3.08. The fraction of sp³-hybridized carbons (Fsp3) is 0.111. The van der Waals surface area contributed by atoms with Crippen molar-refractivity contribution in [3.63, 3.8) is 0 Å². The van der Waals surface area contributed by atoms with E-state index in [4.69, 9.17) is 11.6 Å². The van der Waals surface area contributed by atoms with Crippen LogP contribution in [0.25, 0.3) is 0 Å². The summed E-state index contributed by atoms with van der Waals surface area (Å²) in [6.07, 6.45) is 0. The molecule has 1 aliphatic rings. The van der Waals surface area contributed by atoms with Crippen LogP contribution < -0.4 is 10.6 Å². The van der Waals surface area contributed by atoms with Crippen LogP contribution in [0.5, 0.6) is 0 Å². The van der Waals surface area contributed by atoms with E-state index in [1.54, 1.807) is 24.3 Å². The molecule has 0 aliphatic heterocycles. The van der Waals surface area contributed by atoms with Gasteiger partial charge in [0.05, 0.1) is 26.9 Å². The highest BCUT2D eigenvalue weighted by atomic mass is 127. The quantitative estimate of drug-likeness (QED) is 0.442. The van der Waals surface area contributed by atoms with Gasteiger partial charge in [0.2, 0.25) is 11.8 Å². The van der Waals surface area contributed by atoms with Crippen molar-refractivity contribution >= 4 is 68.9 Å². The second kappa shape index (κ2) is 7.55. The number of fused-ring (bicyclic) bond motifs is 2. The Bertz CT molecular complexity index is 885. The molecule has 0 fully saturated rings. The van der Waals surface area contributed by atoms with Gasteiger partial charge in [-0.15, -0.1) is 11.6 Å². The first-order valence-corrected chi connectivity index (χ1v) is 9.61. The SMILES string of the molecule is O=C(CCl)Nc1cccc2c1C(=O)c1c(NC(=O)CI)cccc1C2=O. The molecule has 3 rings (SSSR count). The summed E-state index contributed by atoms with van der Waals surface area (Å²) in [5, 5.41) is 5.19. The van der Waals surface area contributed by atoms with Gasteiger partial charge in [0, 0.05) is 11.1 Å². The Morgan fingerprint density at radius 2 is 1.35 bits per heavy atom. The van der Waals surface area contributed by atoms with Gasteiger partial charge in [0.1, 0.15) is 5.88 Å². The van der Waals surface area contributed by atoms with Crippen molar-refractivity contribution in [3.8, 4) is 0 Å². The normalized spacial score (nSPS) is 12.2. The molecule has 1 aliphatic carbocycles.